The Morgan fingerprint density at radius 1 is 1.52 bits per heavy atom. The van der Waals surface area contributed by atoms with E-state index < -0.39 is 5.82 Å². The maximum Gasteiger partial charge on any atom is 0.263 e. The number of thiophene rings is 1. The molecule has 1 aliphatic heterocycles. The van der Waals surface area contributed by atoms with Crippen LogP contribution >= 0.6 is 11.3 Å². The van der Waals surface area contributed by atoms with Gasteiger partial charge < -0.3 is 16.4 Å². The first kappa shape index (κ1) is 13.8. The Labute approximate surface area is 124 Å². The fraction of sp³-hybridized carbons (Fsp3) is 0.286. The van der Waals surface area contributed by atoms with Crippen LogP contribution in [0.3, 0.4) is 0 Å². The van der Waals surface area contributed by atoms with Gasteiger partial charge in [0, 0.05) is 23.7 Å². The number of amides is 2. The second kappa shape index (κ2) is 5.33. The van der Waals surface area contributed by atoms with Gasteiger partial charge in [0.2, 0.25) is 5.91 Å². The predicted octanol–water partition coefficient (Wildman–Crippen LogP) is 1.63. The maximum absolute atomic E-state index is 13.7. The molecule has 0 saturated carbocycles. The summed E-state index contributed by atoms with van der Waals surface area (Å²) in [6, 6.07) is 4.59. The van der Waals surface area contributed by atoms with Crippen molar-refractivity contribution >= 4 is 38.9 Å². The lowest BCUT2D eigenvalue weighted by Gasteiger charge is -2.10. The van der Waals surface area contributed by atoms with E-state index in [1.165, 1.54) is 6.07 Å². The summed E-state index contributed by atoms with van der Waals surface area (Å²) in [5, 5.41) is 5.80. The maximum atomic E-state index is 13.7. The molecule has 2 amide bonds. The van der Waals surface area contributed by atoms with Gasteiger partial charge in [-0.15, -0.1) is 11.3 Å². The van der Waals surface area contributed by atoms with Crippen molar-refractivity contribution in [3.8, 4) is 0 Å². The zero-order chi connectivity index (χ0) is 15.0. The monoisotopic (exact) mass is 307 g/mol. The van der Waals surface area contributed by atoms with Crippen LogP contribution < -0.4 is 16.4 Å². The third-order valence-corrected chi connectivity index (χ3v) is 4.67. The van der Waals surface area contributed by atoms with Crippen LogP contribution in [0, 0.1) is 5.82 Å². The molecule has 2 heterocycles. The van der Waals surface area contributed by atoms with Gasteiger partial charge in [-0.3, -0.25) is 9.59 Å². The number of rotatable bonds is 3. The fourth-order valence-electron chi connectivity index (χ4n) is 2.42. The number of fused-ring (bicyclic) bond motifs is 1. The Morgan fingerprint density at radius 3 is 3.00 bits per heavy atom. The van der Waals surface area contributed by atoms with E-state index in [4.69, 9.17) is 5.73 Å². The number of benzene rings is 1. The third kappa shape index (κ3) is 2.56. The summed E-state index contributed by atoms with van der Waals surface area (Å²) in [7, 11) is 0. The van der Waals surface area contributed by atoms with Gasteiger partial charge in [0.1, 0.15) is 10.7 Å². The predicted molar refractivity (Wildman–Crippen MR) is 79.7 cm³/mol. The lowest BCUT2D eigenvalue weighted by molar-refractivity contribution is -0.119. The Morgan fingerprint density at radius 2 is 2.33 bits per heavy atom. The van der Waals surface area contributed by atoms with Crippen molar-refractivity contribution in [3.05, 3.63) is 28.9 Å². The highest BCUT2D eigenvalue weighted by atomic mass is 32.1. The summed E-state index contributed by atoms with van der Waals surface area (Å²) in [4.78, 5) is 23.6. The van der Waals surface area contributed by atoms with Crippen molar-refractivity contribution in [3.63, 3.8) is 0 Å². The number of hydrogen-bond donors (Lipinski definition) is 3. The van der Waals surface area contributed by atoms with Crippen LogP contribution in [0.15, 0.2) is 18.2 Å². The minimum absolute atomic E-state index is 0.00213. The van der Waals surface area contributed by atoms with E-state index in [2.05, 4.69) is 10.6 Å². The highest BCUT2D eigenvalue weighted by Gasteiger charge is 2.23. The molecule has 4 N–H and O–H groups in total. The van der Waals surface area contributed by atoms with Gasteiger partial charge in [-0.25, -0.2) is 4.39 Å². The molecule has 1 atom stereocenters. The Bertz CT molecular complexity index is 728. The molecule has 0 bridgehead atoms. The number of anilines is 1. The Balaban J connectivity index is 1.77. The number of carbonyl (C=O) groups is 2. The summed E-state index contributed by atoms with van der Waals surface area (Å²) in [5.74, 6) is -0.768. The van der Waals surface area contributed by atoms with Crippen molar-refractivity contribution in [2.24, 2.45) is 0 Å². The standard InChI is InChI=1S/C14H14FN3O2S/c15-8-2-1-3-9-11(8)12(16)13(21-9)14(20)17-6-7-4-5-10(19)18-7/h1-3,7H,4-6,16H2,(H,17,20)(H,18,19). The summed E-state index contributed by atoms with van der Waals surface area (Å²) in [6.45, 7) is 0.348. The molecule has 7 heteroatoms. The van der Waals surface area contributed by atoms with E-state index in [0.29, 0.717) is 34.3 Å². The van der Waals surface area contributed by atoms with Crippen molar-refractivity contribution in [1.29, 1.82) is 0 Å². The topological polar surface area (TPSA) is 84.2 Å². The first-order valence-electron chi connectivity index (χ1n) is 6.60. The van der Waals surface area contributed by atoms with Crippen LogP contribution in [0.2, 0.25) is 0 Å². The number of nitrogen functional groups attached to an aromatic ring is 1. The molecule has 1 aliphatic rings. The van der Waals surface area contributed by atoms with Crippen LogP contribution in [-0.2, 0) is 4.79 Å². The molecule has 1 aromatic carbocycles. The molecule has 21 heavy (non-hydrogen) atoms. The minimum Gasteiger partial charge on any atom is -0.397 e. The van der Waals surface area contributed by atoms with E-state index in [-0.39, 0.29) is 23.5 Å². The van der Waals surface area contributed by atoms with E-state index in [1.807, 2.05) is 0 Å². The van der Waals surface area contributed by atoms with Gasteiger partial charge >= 0.3 is 0 Å². The summed E-state index contributed by atoms with van der Waals surface area (Å²) in [6.07, 6.45) is 1.19. The quantitative estimate of drug-likeness (QED) is 0.806. The molecule has 5 nitrogen and oxygen atoms in total. The van der Waals surface area contributed by atoms with Gasteiger partial charge in [-0.2, -0.15) is 0 Å². The van der Waals surface area contributed by atoms with E-state index in [1.54, 1.807) is 12.1 Å². The zero-order valence-electron chi connectivity index (χ0n) is 11.1. The van der Waals surface area contributed by atoms with Gasteiger partial charge in [0.25, 0.3) is 5.91 Å². The second-order valence-electron chi connectivity index (χ2n) is 4.97. The number of nitrogens with two attached hydrogens (primary N) is 1. The van der Waals surface area contributed by atoms with Crippen LogP contribution in [0.1, 0.15) is 22.5 Å². The van der Waals surface area contributed by atoms with Crippen molar-refractivity contribution in [2.75, 3.05) is 12.3 Å². The molecule has 1 fully saturated rings. The molecule has 0 spiro atoms. The summed E-state index contributed by atoms with van der Waals surface area (Å²) in [5.41, 5.74) is 6.05. The number of hydrogen-bond acceptors (Lipinski definition) is 4. The molecular weight excluding hydrogens is 293 g/mol. The highest BCUT2D eigenvalue weighted by Crippen LogP contribution is 2.35. The number of carbonyl (C=O) groups excluding carboxylic acids is 2. The van der Waals surface area contributed by atoms with Gasteiger partial charge in [-0.05, 0) is 18.6 Å². The van der Waals surface area contributed by atoms with Gasteiger partial charge in [0.15, 0.2) is 0 Å². The smallest absolute Gasteiger partial charge is 0.263 e. The first-order chi connectivity index (χ1) is 10.1. The average molecular weight is 307 g/mol. The summed E-state index contributed by atoms with van der Waals surface area (Å²) < 4.78 is 14.4. The minimum atomic E-state index is -0.427. The molecule has 110 valence electrons. The summed E-state index contributed by atoms with van der Waals surface area (Å²) >= 11 is 1.16. The molecule has 1 unspecified atom stereocenters. The van der Waals surface area contributed by atoms with E-state index in [9.17, 15) is 14.0 Å². The number of halogens is 1. The van der Waals surface area contributed by atoms with Crippen molar-refractivity contribution in [1.82, 2.24) is 10.6 Å². The molecular formula is C14H14FN3O2S. The van der Waals surface area contributed by atoms with Crippen molar-refractivity contribution < 1.29 is 14.0 Å². The Hall–Kier alpha value is -2.15. The largest absolute Gasteiger partial charge is 0.397 e. The van der Waals surface area contributed by atoms with Crippen molar-refractivity contribution in [2.45, 2.75) is 18.9 Å². The molecule has 1 aromatic heterocycles. The molecule has 0 aliphatic carbocycles. The van der Waals surface area contributed by atoms with Gasteiger partial charge in [0.05, 0.1) is 11.1 Å². The zero-order valence-corrected chi connectivity index (χ0v) is 11.9. The molecule has 3 rings (SSSR count). The molecule has 1 saturated heterocycles. The van der Waals surface area contributed by atoms with E-state index in [0.717, 1.165) is 11.3 Å². The van der Waals surface area contributed by atoms with E-state index >= 15 is 0 Å². The van der Waals surface area contributed by atoms with Crippen LogP contribution in [0.5, 0.6) is 0 Å². The molecule has 2 aromatic rings. The fourth-order valence-corrected chi connectivity index (χ4v) is 3.48. The average Bonchev–Trinajstić information content (AvgIpc) is 3.01. The van der Waals surface area contributed by atoms with Gasteiger partial charge in [-0.1, -0.05) is 6.07 Å². The third-order valence-electron chi connectivity index (χ3n) is 3.50. The highest BCUT2D eigenvalue weighted by molar-refractivity contribution is 7.21. The number of nitrogens with one attached hydrogen (secondary N) is 2. The normalized spacial score (nSPS) is 18.0. The first-order valence-corrected chi connectivity index (χ1v) is 7.42. The lowest BCUT2D eigenvalue weighted by atomic mass is 10.2. The van der Waals surface area contributed by atoms with Crippen LogP contribution in [0.4, 0.5) is 10.1 Å². The molecule has 0 radical (unpaired) electrons. The lowest BCUT2D eigenvalue weighted by Crippen LogP contribution is -2.38. The second-order valence-corrected chi connectivity index (χ2v) is 6.02. The van der Waals surface area contributed by atoms with Crippen LogP contribution in [-0.4, -0.2) is 24.4 Å². The SMILES string of the molecule is Nc1c(C(=O)NCC2CCC(=O)N2)sc2cccc(F)c12. The Kier molecular flexibility index (Phi) is 3.50. The van der Waals surface area contributed by atoms with Crippen LogP contribution in [0.25, 0.3) is 10.1 Å².